The van der Waals surface area contributed by atoms with Crippen molar-refractivity contribution in [2.45, 2.75) is 0 Å². The van der Waals surface area contributed by atoms with Gasteiger partial charge in [0.2, 0.25) is 0 Å². The maximum Gasteiger partial charge on any atom is 0.107 e. The smallest absolute Gasteiger partial charge is 0.107 e. The van der Waals surface area contributed by atoms with Gasteiger partial charge in [0.15, 0.2) is 0 Å². The van der Waals surface area contributed by atoms with E-state index in [4.69, 9.17) is 18.0 Å². The number of thiocarbonyl (C=S) groups is 1. The van der Waals surface area contributed by atoms with Crippen LogP contribution in [-0.2, 0) is 0 Å². The number of nitrogens with zero attached hydrogens (tertiary/aromatic N) is 2. The van der Waals surface area contributed by atoms with E-state index < -0.39 is 0 Å². The predicted molar refractivity (Wildman–Crippen MR) is 82.3 cm³/mol. The van der Waals surface area contributed by atoms with Gasteiger partial charge in [-0.3, -0.25) is 4.98 Å². The van der Waals surface area contributed by atoms with E-state index in [1.807, 2.05) is 42.3 Å². The van der Waals surface area contributed by atoms with E-state index >= 15 is 0 Å². The van der Waals surface area contributed by atoms with E-state index in [2.05, 4.69) is 20.9 Å². The molecule has 0 fully saturated rings. The highest BCUT2D eigenvalue weighted by molar-refractivity contribution is 9.10. The van der Waals surface area contributed by atoms with Gasteiger partial charge in [-0.25, -0.2) is 0 Å². The number of nitrogens with two attached hydrogens (primary N) is 1. The Hall–Kier alpha value is -1.46. The SMILES string of the molecule is CN(c1cccnc1)c1cccc(Br)c1C(N)=S. The maximum absolute atomic E-state index is 5.79. The van der Waals surface area contributed by atoms with Crippen molar-refractivity contribution in [3.05, 3.63) is 52.8 Å². The average molecular weight is 322 g/mol. The van der Waals surface area contributed by atoms with Gasteiger partial charge >= 0.3 is 0 Å². The molecule has 0 aliphatic rings. The van der Waals surface area contributed by atoms with Crippen molar-refractivity contribution < 1.29 is 0 Å². The monoisotopic (exact) mass is 321 g/mol. The molecular formula is C13H12BrN3S. The molecule has 0 spiro atoms. The molecule has 0 aliphatic carbocycles. The molecule has 92 valence electrons. The minimum absolute atomic E-state index is 0.369. The first-order valence-electron chi connectivity index (χ1n) is 5.33. The summed E-state index contributed by atoms with van der Waals surface area (Å²) in [4.78, 5) is 6.49. The van der Waals surface area contributed by atoms with Crippen LogP contribution < -0.4 is 10.6 Å². The summed E-state index contributed by atoms with van der Waals surface area (Å²) < 4.78 is 0.892. The van der Waals surface area contributed by atoms with Crippen LogP contribution >= 0.6 is 28.1 Å². The maximum atomic E-state index is 5.79. The molecule has 1 heterocycles. The van der Waals surface area contributed by atoms with Crippen molar-refractivity contribution >= 4 is 44.5 Å². The van der Waals surface area contributed by atoms with Crippen LogP contribution in [0.5, 0.6) is 0 Å². The van der Waals surface area contributed by atoms with E-state index in [-0.39, 0.29) is 0 Å². The first-order valence-corrected chi connectivity index (χ1v) is 6.53. The van der Waals surface area contributed by atoms with Crippen LogP contribution in [-0.4, -0.2) is 17.0 Å². The zero-order chi connectivity index (χ0) is 13.1. The highest BCUT2D eigenvalue weighted by atomic mass is 79.9. The summed E-state index contributed by atoms with van der Waals surface area (Å²) in [5.41, 5.74) is 8.55. The van der Waals surface area contributed by atoms with Gasteiger partial charge in [-0.15, -0.1) is 0 Å². The number of pyridine rings is 1. The van der Waals surface area contributed by atoms with Gasteiger partial charge in [-0.1, -0.05) is 18.3 Å². The van der Waals surface area contributed by atoms with Crippen molar-refractivity contribution in [1.82, 2.24) is 4.98 Å². The first-order chi connectivity index (χ1) is 8.61. The van der Waals surface area contributed by atoms with Crippen LogP contribution in [0.2, 0.25) is 0 Å². The van der Waals surface area contributed by atoms with Gasteiger partial charge in [-0.2, -0.15) is 0 Å². The Balaban J connectivity index is 2.52. The van der Waals surface area contributed by atoms with Gasteiger partial charge in [-0.05, 0) is 40.2 Å². The third-order valence-corrected chi connectivity index (χ3v) is 3.50. The second-order valence-corrected chi connectivity index (χ2v) is 5.06. The van der Waals surface area contributed by atoms with Gasteiger partial charge in [0, 0.05) is 23.3 Å². The molecule has 0 unspecified atom stereocenters. The molecule has 18 heavy (non-hydrogen) atoms. The minimum Gasteiger partial charge on any atom is -0.389 e. The van der Waals surface area contributed by atoms with Crippen molar-refractivity contribution in [3.63, 3.8) is 0 Å². The molecule has 0 saturated carbocycles. The lowest BCUT2D eigenvalue weighted by atomic mass is 10.1. The molecule has 0 atom stereocenters. The zero-order valence-corrected chi connectivity index (χ0v) is 12.2. The highest BCUT2D eigenvalue weighted by Crippen LogP contribution is 2.31. The summed E-state index contributed by atoms with van der Waals surface area (Å²) in [5.74, 6) is 0. The van der Waals surface area contributed by atoms with Crippen LogP contribution in [0.15, 0.2) is 47.2 Å². The topological polar surface area (TPSA) is 42.2 Å². The molecule has 0 saturated heterocycles. The molecule has 3 nitrogen and oxygen atoms in total. The summed E-state index contributed by atoms with van der Waals surface area (Å²) in [6, 6.07) is 9.73. The Morgan fingerprint density at radius 2 is 2.11 bits per heavy atom. The van der Waals surface area contributed by atoms with Crippen LogP contribution in [0.4, 0.5) is 11.4 Å². The van der Waals surface area contributed by atoms with E-state index in [1.54, 1.807) is 12.4 Å². The predicted octanol–water partition coefficient (Wildman–Crippen LogP) is 3.25. The molecule has 5 heteroatoms. The Kier molecular flexibility index (Phi) is 3.93. The van der Waals surface area contributed by atoms with Crippen LogP contribution in [0.25, 0.3) is 0 Å². The number of aromatic nitrogens is 1. The van der Waals surface area contributed by atoms with Gasteiger partial charge in [0.05, 0.1) is 17.6 Å². The quantitative estimate of drug-likeness (QED) is 0.881. The average Bonchev–Trinajstić information content (AvgIpc) is 2.38. The Bertz CT molecular complexity index is 572. The molecule has 1 aromatic heterocycles. The van der Waals surface area contributed by atoms with Crippen LogP contribution in [0.3, 0.4) is 0 Å². The molecule has 0 bridgehead atoms. The Morgan fingerprint density at radius 3 is 2.72 bits per heavy atom. The second kappa shape index (κ2) is 5.46. The minimum atomic E-state index is 0.369. The first kappa shape index (κ1) is 13.0. The lowest BCUT2D eigenvalue weighted by molar-refractivity contribution is 1.17. The Morgan fingerprint density at radius 1 is 1.33 bits per heavy atom. The van der Waals surface area contributed by atoms with E-state index in [9.17, 15) is 0 Å². The molecule has 0 radical (unpaired) electrons. The zero-order valence-electron chi connectivity index (χ0n) is 9.80. The van der Waals surface area contributed by atoms with E-state index in [0.29, 0.717) is 4.99 Å². The largest absolute Gasteiger partial charge is 0.389 e. The number of hydrogen-bond donors (Lipinski definition) is 1. The van der Waals surface area contributed by atoms with Crippen LogP contribution in [0.1, 0.15) is 5.56 Å². The lowest BCUT2D eigenvalue weighted by Gasteiger charge is -2.22. The van der Waals surface area contributed by atoms with Gasteiger partial charge in [0.1, 0.15) is 4.99 Å². The summed E-state index contributed by atoms with van der Waals surface area (Å²) in [6.07, 6.45) is 3.54. The fourth-order valence-corrected chi connectivity index (χ4v) is 2.64. The third-order valence-electron chi connectivity index (χ3n) is 2.63. The van der Waals surface area contributed by atoms with Gasteiger partial charge in [0.25, 0.3) is 0 Å². The molecule has 1 aromatic carbocycles. The number of halogens is 1. The molecule has 0 amide bonds. The summed E-state index contributed by atoms with van der Waals surface area (Å²) in [6.45, 7) is 0. The summed E-state index contributed by atoms with van der Waals surface area (Å²) in [7, 11) is 1.96. The van der Waals surface area contributed by atoms with Crippen molar-refractivity contribution in [2.75, 3.05) is 11.9 Å². The summed E-state index contributed by atoms with van der Waals surface area (Å²) in [5, 5.41) is 0. The van der Waals surface area contributed by atoms with E-state index in [0.717, 1.165) is 21.4 Å². The number of rotatable bonds is 3. The van der Waals surface area contributed by atoms with E-state index in [1.165, 1.54) is 0 Å². The Labute approximate surface area is 120 Å². The fourth-order valence-electron chi connectivity index (χ4n) is 1.73. The van der Waals surface area contributed by atoms with Gasteiger partial charge < -0.3 is 10.6 Å². The molecule has 2 aromatic rings. The van der Waals surface area contributed by atoms with Crippen LogP contribution in [0, 0.1) is 0 Å². The molecule has 2 rings (SSSR count). The number of benzene rings is 1. The van der Waals surface area contributed by atoms with Crippen molar-refractivity contribution in [3.8, 4) is 0 Å². The summed E-state index contributed by atoms with van der Waals surface area (Å²) >= 11 is 8.59. The standard InChI is InChI=1S/C13H12BrN3S/c1-17(9-4-3-7-16-8-9)11-6-2-5-10(14)12(11)13(15)18/h2-8H,1H3,(H2,15,18). The third kappa shape index (κ3) is 2.52. The molecular weight excluding hydrogens is 310 g/mol. The number of anilines is 2. The fraction of sp³-hybridized carbons (Fsp3) is 0.0769. The number of hydrogen-bond acceptors (Lipinski definition) is 3. The highest BCUT2D eigenvalue weighted by Gasteiger charge is 2.13. The second-order valence-electron chi connectivity index (χ2n) is 3.77. The lowest BCUT2D eigenvalue weighted by Crippen LogP contribution is -2.18. The normalized spacial score (nSPS) is 10.1. The van der Waals surface area contributed by atoms with Crippen molar-refractivity contribution in [1.29, 1.82) is 0 Å². The molecule has 0 aliphatic heterocycles. The van der Waals surface area contributed by atoms with Crippen molar-refractivity contribution in [2.24, 2.45) is 5.73 Å². The molecule has 2 N–H and O–H groups in total.